The molecule has 0 amide bonds. The van der Waals surface area contributed by atoms with Gasteiger partial charge in [0.15, 0.2) is 17.3 Å². The van der Waals surface area contributed by atoms with Crippen LogP contribution in [-0.4, -0.2) is 20.0 Å². The highest BCUT2D eigenvalue weighted by Crippen LogP contribution is 2.33. The summed E-state index contributed by atoms with van der Waals surface area (Å²) in [5, 5.41) is 0. The molecule has 0 aliphatic carbocycles. The van der Waals surface area contributed by atoms with Gasteiger partial charge in [0.1, 0.15) is 5.75 Å². The Morgan fingerprint density at radius 1 is 1.00 bits per heavy atom. The summed E-state index contributed by atoms with van der Waals surface area (Å²) in [5.74, 6) is 2.04. The van der Waals surface area contributed by atoms with E-state index in [0.29, 0.717) is 28.6 Å². The lowest BCUT2D eigenvalue weighted by atomic mass is 10.1. The van der Waals surface area contributed by atoms with Crippen LogP contribution in [0.1, 0.15) is 15.9 Å². The molecular formula is C17H14O4. The molecule has 0 atom stereocenters. The fourth-order valence-electron chi connectivity index (χ4n) is 2.23. The van der Waals surface area contributed by atoms with E-state index in [2.05, 4.69) is 0 Å². The number of hydrogen-bond donors (Lipinski definition) is 0. The first-order valence-corrected chi connectivity index (χ1v) is 6.48. The number of Topliss-reactive ketones (excluding diaryl/α,β-unsaturated/α-hetero) is 1. The zero-order valence-corrected chi connectivity index (χ0v) is 11.8. The van der Waals surface area contributed by atoms with Crippen molar-refractivity contribution in [3.8, 4) is 17.2 Å². The molecule has 0 aromatic heterocycles. The summed E-state index contributed by atoms with van der Waals surface area (Å²) in [6.45, 7) is 0. The predicted molar refractivity (Wildman–Crippen MR) is 78.9 cm³/mol. The fourth-order valence-corrected chi connectivity index (χ4v) is 2.23. The number of hydrogen-bond acceptors (Lipinski definition) is 4. The summed E-state index contributed by atoms with van der Waals surface area (Å²) < 4.78 is 16.0. The number of ether oxygens (including phenoxy) is 3. The van der Waals surface area contributed by atoms with Crippen LogP contribution in [0.2, 0.25) is 0 Å². The van der Waals surface area contributed by atoms with Gasteiger partial charge < -0.3 is 14.2 Å². The molecule has 21 heavy (non-hydrogen) atoms. The minimum atomic E-state index is -0.111. The Bertz CT molecular complexity index is 731. The number of benzene rings is 2. The molecule has 2 aromatic rings. The van der Waals surface area contributed by atoms with Gasteiger partial charge >= 0.3 is 0 Å². The van der Waals surface area contributed by atoms with Crippen LogP contribution in [0.15, 0.2) is 48.2 Å². The predicted octanol–water partition coefficient (Wildman–Crippen LogP) is 3.32. The number of fused-ring (bicyclic) bond motifs is 1. The molecule has 0 saturated carbocycles. The van der Waals surface area contributed by atoms with Crippen LogP contribution in [-0.2, 0) is 0 Å². The molecule has 4 heteroatoms. The van der Waals surface area contributed by atoms with Crippen molar-refractivity contribution in [1.82, 2.24) is 0 Å². The Morgan fingerprint density at radius 3 is 2.48 bits per heavy atom. The molecule has 0 spiro atoms. The van der Waals surface area contributed by atoms with Crippen LogP contribution in [0.5, 0.6) is 17.2 Å². The topological polar surface area (TPSA) is 44.8 Å². The fraction of sp³-hybridized carbons (Fsp3) is 0.118. The monoisotopic (exact) mass is 282 g/mol. The van der Waals surface area contributed by atoms with Gasteiger partial charge in [0.2, 0.25) is 5.78 Å². The first-order valence-electron chi connectivity index (χ1n) is 6.48. The molecule has 1 aliphatic heterocycles. The van der Waals surface area contributed by atoms with Crippen LogP contribution >= 0.6 is 0 Å². The van der Waals surface area contributed by atoms with E-state index in [1.165, 1.54) is 0 Å². The lowest BCUT2D eigenvalue weighted by Crippen LogP contribution is -1.98. The van der Waals surface area contributed by atoms with E-state index in [0.717, 1.165) is 5.56 Å². The highest BCUT2D eigenvalue weighted by atomic mass is 16.5. The molecule has 1 aliphatic rings. The maximum Gasteiger partial charge on any atom is 0.231 e. The second-order valence-electron chi connectivity index (χ2n) is 4.55. The number of methoxy groups -OCH3 is 2. The zero-order chi connectivity index (χ0) is 14.8. The third kappa shape index (κ3) is 2.36. The molecule has 0 bridgehead atoms. The molecule has 0 saturated heterocycles. The van der Waals surface area contributed by atoms with Gasteiger partial charge in [-0.2, -0.15) is 0 Å². The van der Waals surface area contributed by atoms with Crippen molar-refractivity contribution in [2.75, 3.05) is 14.2 Å². The normalized spacial score (nSPS) is 14.8. The van der Waals surface area contributed by atoms with Crippen molar-refractivity contribution in [3.05, 3.63) is 59.4 Å². The first-order chi connectivity index (χ1) is 10.2. The van der Waals surface area contributed by atoms with E-state index < -0.39 is 0 Å². The van der Waals surface area contributed by atoms with Gasteiger partial charge in [0, 0.05) is 0 Å². The van der Waals surface area contributed by atoms with Crippen LogP contribution in [0, 0.1) is 0 Å². The van der Waals surface area contributed by atoms with Crippen LogP contribution < -0.4 is 14.2 Å². The molecule has 2 aromatic carbocycles. The van der Waals surface area contributed by atoms with Crippen molar-refractivity contribution in [2.45, 2.75) is 0 Å². The second kappa shape index (κ2) is 5.32. The molecule has 1 heterocycles. The van der Waals surface area contributed by atoms with E-state index in [1.54, 1.807) is 44.6 Å². The standard InChI is InChI=1S/C17H14O4/c1-19-14-8-7-11(9-15(14)20-2)10-16-17(18)12-5-3-4-6-13(12)21-16/h3-10H,1-2H3/b16-10-. The number of carbonyl (C=O) groups is 1. The summed E-state index contributed by atoms with van der Waals surface area (Å²) >= 11 is 0. The van der Waals surface area contributed by atoms with E-state index in [1.807, 2.05) is 18.2 Å². The smallest absolute Gasteiger partial charge is 0.231 e. The summed E-state index contributed by atoms with van der Waals surface area (Å²) in [5.41, 5.74) is 1.40. The lowest BCUT2D eigenvalue weighted by Gasteiger charge is -2.08. The highest BCUT2D eigenvalue weighted by Gasteiger charge is 2.26. The minimum absolute atomic E-state index is 0.111. The maximum atomic E-state index is 12.2. The summed E-state index contributed by atoms with van der Waals surface area (Å²) in [7, 11) is 3.15. The molecule has 0 N–H and O–H groups in total. The molecule has 106 valence electrons. The van der Waals surface area contributed by atoms with Crippen LogP contribution in [0.25, 0.3) is 6.08 Å². The third-order valence-electron chi connectivity index (χ3n) is 3.28. The van der Waals surface area contributed by atoms with Crippen LogP contribution in [0.3, 0.4) is 0 Å². The Labute approximate surface area is 122 Å². The number of allylic oxidation sites excluding steroid dienone is 1. The largest absolute Gasteiger partial charge is 0.493 e. The summed E-state index contributed by atoms with van der Waals surface area (Å²) in [6, 6.07) is 12.6. The average Bonchev–Trinajstić information content (AvgIpc) is 2.84. The Balaban J connectivity index is 1.95. The SMILES string of the molecule is COc1ccc(/C=C2\Oc3ccccc3C2=O)cc1OC. The Kier molecular flexibility index (Phi) is 3.36. The molecule has 3 rings (SSSR count). The average molecular weight is 282 g/mol. The van der Waals surface area contributed by atoms with Gasteiger partial charge in [0.25, 0.3) is 0 Å². The Hall–Kier alpha value is -2.75. The second-order valence-corrected chi connectivity index (χ2v) is 4.55. The van der Waals surface area contributed by atoms with E-state index in [4.69, 9.17) is 14.2 Å². The minimum Gasteiger partial charge on any atom is -0.493 e. The molecule has 0 unspecified atom stereocenters. The van der Waals surface area contributed by atoms with Crippen molar-refractivity contribution < 1.29 is 19.0 Å². The van der Waals surface area contributed by atoms with Crippen molar-refractivity contribution in [1.29, 1.82) is 0 Å². The molecule has 0 radical (unpaired) electrons. The van der Waals surface area contributed by atoms with Gasteiger partial charge in [0.05, 0.1) is 19.8 Å². The lowest BCUT2D eigenvalue weighted by molar-refractivity contribution is 0.101. The van der Waals surface area contributed by atoms with Gasteiger partial charge in [-0.3, -0.25) is 4.79 Å². The van der Waals surface area contributed by atoms with Crippen LogP contribution in [0.4, 0.5) is 0 Å². The maximum absolute atomic E-state index is 12.2. The summed E-state index contributed by atoms with van der Waals surface area (Å²) in [4.78, 5) is 12.2. The van der Waals surface area contributed by atoms with Crippen molar-refractivity contribution in [2.24, 2.45) is 0 Å². The number of ketones is 1. The quantitative estimate of drug-likeness (QED) is 0.810. The Morgan fingerprint density at radius 2 is 1.76 bits per heavy atom. The highest BCUT2D eigenvalue weighted by molar-refractivity contribution is 6.14. The number of carbonyl (C=O) groups excluding carboxylic acids is 1. The molecule has 4 nitrogen and oxygen atoms in total. The van der Waals surface area contributed by atoms with E-state index >= 15 is 0 Å². The third-order valence-corrected chi connectivity index (χ3v) is 3.28. The number of rotatable bonds is 3. The van der Waals surface area contributed by atoms with Gasteiger partial charge in [-0.1, -0.05) is 18.2 Å². The van der Waals surface area contributed by atoms with Crippen molar-refractivity contribution >= 4 is 11.9 Å². The summed E-state index contributed by atoms with van der Waals surface area (Å²) in [6.07, 6.45) is 1.70. The molecular weight excluding hydrogens is 268 g/mol. The van der Waals surface area contributed by atoms with Crippen molar-refractivity contribution in [3.63, 3.8) is 0 Å². The zero-order valence-electron chi connectivity index (χ0n) is 11.8. The first kappa shape index (κ1) is 13.2. The van der Waals surface area contributed by atoms with E-state index in [-0.39, 0.29) is 5.78 Å². The number of para-hydroxylation sites is 1. The van der Waals surface area contributed by atoms with Gasteiger partial charge in [-0.15, -0.1) is 0 Å². The van der Waals surface area contributed by atoms with Gasteiger partial charge in [-0.05, 0) is 35.9 Å². The van der Waals surface area contributed by atoms with Gasteiger partial charge in [-0.25, -0.2) is 0 Å². The van der Waals surface area contributed by atoms with E-state index in [9.17, 15) is 4.79 Å². The molecule has 0 fully saturated rings.